The monoisotopic (exact) mass is 292 g/mol. The van der Waals surface area contributed by atoms with Gasteiger partial charge in [-0.1, -0.05) is 24.3 Å². The molecule has 0 aliphatic heterocycles. The third-order valence-corrected chi connectivity index (χ3v) is 3.17. The molecule has 0 saturated carbocycles. The lowest BCUT2D eigenvalue weighted by Gasteiger charge is -2.11. The number of carbonyl (C=O) groups is 1. The number of benzene rings is 2. The minimum atomic E-state index is -0.973. The van der Waals surface area contributed by atoms with Gasteiger partial charge in [0.1, 0.15) is 11.6 Å². The first kappa shape index (κ1) is 15.1. The fourth-order valence-electron chi connectivity index (χ4n) is 2.04. The number of halogens is 2. The highest BCUT2D eigenvalue weighted by atomic mass is 19.1. The van der Waals surface area contributed by atoms with Gasteiger partial charge in [-0.3, -0.25) is 4.79 Å². The van der Waals surface area contributed by atoms with Crippen molar-refractivity contribution in [2.75, 3.05) is 0 Å². The predicted molar refractivity (Wildman–Crippen MR) is 73.6 cm³/mol. The number of aliphatic carboxylic acids is 1. The second-order valence-electron chi connectivity index (χ2n) is 4.69. The average Bonchev–Trinajstić information content (AvgIpc) is 2.45. The van der Waals surface area contributed by atoms with E-state index in [2.05, 4.69) is 0 Å². The molecule has 21 heavy (non-hydrogen) atoms. The van der Waals surface area contributed by atoms with Crippen LogP contribution in [0.4, 0.5) is 8.78 Å². The van der Waals surface area contributed by atoms with E-state index < -0.39 is 23.7 Å². The molecule has 110 valence electrons. The molecule has 0 saturated heterocycles. The fraction of sp³-hybridized carbons (Fsp3) is 0.188. The van der Waals surface area contributed by atoms with Crippen molar-refractivity contribution < 1.29 is 23.8 Å². The van der Waals surface area contributed by atoms with Crippen molar-refractivity contribution in [3.8, 4) is 11.1 Å². The van der Waals surface area contributed by atoms with Crippen LogP contribution in [0.1, 0.15) is 24.5 Å². The van der Waals surface area contributed by atoms with Crippen LogP contribution in [0.15, 0.2) is 42.5 Å². The number of hydrogen-bond donors (Lipinski definition) is 2. The molecule has 3 nitrogen and oxygen atoms in total. The summed E-state index contributed by atoms with van der Waals surface area (Å²) >= 11 is 0. The molecule has 0 aliphatic rings. The lowest BCUT2D eigenvalue weighted by Crippen LogP contribution is -2.02. The molecule has 0 spiro atoms. The number of carboxylic acids is 1. The molecule has 0 radical (unpaired) electrons. The van der Waals surface area contributed by atoms with Crippen LogP contribution in [0.3, 0.4) is 0 Å². The molecule has 0 aromatic heterocycles. The Morgan fingerprint density at radius 1 is 1.10 bits per heavy atom. The van der Waals surface area contributed by atoms with Crippen molar-refractivity contribution in [1.82, 2.24) is 0 Å². The lowest BCUT2D eigenvalue weighted by molar-refractivity contribution is -0.137. The van der Waals surface area contributed by atoms with Crippen molar-refractivity contribution in [2.24, 2.45) is 0 Å². The largest absolute Gasteiger partial charge is 0.481 e. The molecule has 0 aliphatic carbocycles. The summed E-state index contributed by atoms with van der Waals surface area (Å²) in [6, 6.07) is 9.75. The van der Waals surface area contributed by atoms with Gasteiger partial charge in [-0.15, -0.1) is 0 Å². The number of aliphatic hydroxyl groups is 1. The van der Waals surface area contributed by atoms with E-state index >= 15 is 0 Å². The third-order valence-electron chi connectivity index (χ3n) is 3.17. The predicted octanol–water partition coefficient (Wildman–Crippen LogP) is 3.53. The molecule has 2 aromatic rings. The molecule has 0 fully saturated rings. The van der Waals surface area contributed by atoms with Crippen LogP contribution in [0.2, 0.25) is 0 Å². The van der Waals surface area contributed by atoms with Crippen LogP contribution >= 0.6 is 0 Å². The maximum Gasteiger partial charge on any atom is 0.303 e. The van der Waals surface area contributed by atoms with Gasteiger partial charge in [-0.2, -0.15) is 0 Å². The Hall–Kier alpha value is -2.27. The zero-order valence-corrected chi connectivity index (χ0v) is 11.1. The zero-order valence-electron chi connectivity index (χ0n) is 11.1. The van der Waals surface area contributed by atoms with Gasteiger partial charge < -0.3 is 10.2 Å². The van der Waals surface area contributed by atoms with E-state index in [-0.39, 0.29) is 18.4 Å². The van der Waals surface area contributed by atoms with E-state index in [4.69, 9.17) is 5.11 Å². The average molecular weight is 292 g/mol. The first-order chi connectivity index (χ1) is 9.97. The van der Waals surface area contributed by atoms with Crippen LogP contribution in [0, 0.1) is 11.6 Å². The summed E-state index contributed by atoms with van der Waals surface area (Å²) in [4.78, 5) is 10.5. The van der Waals surface area contributed by atoms with Gasteiger partial charge in [-0.05, 0) is 29.7 Å². The van der Waals surface area contributed by atoms with Crippen molar-refractivity contribution in [1.29, 1.82) is 0 Å². The summed E-state index contributed by atoms with van der Waals surface area (Å²) in [5, 5.41) is 18.4. The van der Waals surface area contributed by atoms with Gasteiger partial charge >= 0.3 is 5.97 Å². The van der Waals surface area contributed by atoms with E-state index in [0.29, 0.717) is 11.1 Å². The summed E-state index contributed by atoms with van der Waals surface area (Å²) in [5.41, 5.74) is 1.38. The SMILES string of the molecule is O=C(O)CCC(O)c1ccc(-c2ccc(F)cc2F)cc1. The maximum atomic E-state index is 13.7. The smallest absolute Gasteiger partial charge is 0.303 e. The summed E-state index contributed by atoms with van der Waals surface area (Å²) < 4.78 is 26.5. The highest BCUT2D eigenvalue weighted by Crippen LogP contribution is 2.26. The quantitative estimate of drug-likeness (QED) is 0.886. The van der Waals surface area contributed by atoms with Gasteiger partial charge in [0, 0.05) is 18.1 Å². The van der Waals surface area contributed by atoms with Crippen LogP contribution in [-0.2, 0) is 4.79 Å². The second kappa shape index (κ2) is 6.45. The highest BCUT2D eigenvalue weighted by molar-refractivity contribution is 5.67. The Kier molecular flexibility index (Phi) is 4.65. The second-order valence-corrected chi connectivity index (χ2v) is 4.69. The number of rotatable bonds is 5. The fourth-order valence-corrected chi connectivity index (χ4v) is 2.04. The van der Waals surface area contributed by atoms with Gasteiger partial charge in [0.15, 0.2) is 0 Å². The Bertz CT molecular complexity index is 638. The molecule has 2 aromatic carbocycles. The summed E-state index contributed by atoms with van der Waals surface area (Å²) in [6.45, 7) is 0. The Labute approximate surface area is 120 Å². The summed E-state index contributed by atoms with van der Waals surface area (Å²) in [6.07, 6.45) is -0.900. The maximum absolute atomic E-state index is 13.7. The van der Waals surface area contributed by atoms with Crippen molar-refractivity contribution in [3.05, 3.63) is 59.7 Å². The van der Waals surface area contributed by atoms with Crippen molar-refractivity contribution >= 4 is 5.97 Å². The van der Waals surface area contributed by atoms with Crippen LogP contribution in [0.5, 0.6) is 0 Å². The molecule has 1 unspecified atom stereocenters. The molecule has 0 heterocycles. The minimum absolute atomic E-state index is 0.111. The van der Waals surface area contributed by atoms with E-state index in [0.717, 1.165) is 6.07 Å². The topological polar surface area (TPSA) is 57.5 Å². The first-order valence-corrected chi connectivity index (χ1v) is 6.42. The van der Waals surface area contributed by atoms with Gasteiger partial charge in [0.25, 0.3) is 0 Å². The van der Waals surface area contributed by atoms with E-state index in [1.54, 1.807) is 24.3 Å². The molecule has 1 atom stereocenters. The van der Waals surface area contributed by atoms with E-state index in [1.165, 1.54) is 12.1 Å². The van der Waals surface area contributed by atoms with Crippen LogP contribution < -0.4 is 0 Å². The van der Waals surface area contributed by atoms with E-state index in [9.17, 15) is 18.7 Å². The minimum Gasteiger partial charge on any atom is -0.481 e. The number of aliphatic hydroxyl groups excluding tert-OH is 1. The van der Waals surface area contributed by atoms with Crippen molar-refractivity contribution in [2.45, 2.75) is 18.9 Å². The third kappa shape index (κ3) is 3.86. The summed E-state index contributed by atoms with van der Waals surface area (Å²) in [5.74, 6) is -2.27. The number of carboxylic acid groups (broad SMARTS) is 1. The lowest BCUT2D eigenvalue weighted by atomic mass is 9.99. The zero-order chi connectivity index (χ0) is 15.4. The van der Waals surface area contributed by atoms with E-state index in [1.807, 2.05) is 0 Å². The molecular weight excluding hydrogens is 278 g/mol. The number of hydrogen-bond acceptors (Lipinski definition) is 2. The Morgan fingerprint density at radius 2 is 1.76 bits per heavy atom. The molecular formula is C16H14F2O3. The summed E-state index contributed by atoms with van der Waals surface area (Å²) in [7, 11) is 0. The highest BCUT2D eigenvalue weighted by Gasteiger charge is 2.11. The van der Waals surface area contributed by atoms with Gasteiger partial charge in [0.2, 0.25) is 0 Å². The Balaban J connectivity index is 2.16. The molecule has 2 N–H and O–H groups in total. The molecule has 0 bridgehead atoms. The molecule has 5 heteroatoms. The van der Waals surface area contributed by atoms with Gasteiger partial charge in [-0.25, -0.2) is 8.78 Å². The standard InChI is InChI=1S/C16H14F2O3/c17-12-5-6-13(14(18)9-12)10-1-3-11(4-2-10)15(19)7-8-16(20)21/h1-6,9,15,19H,7-8H2,(H,20,21). The van der Waals surface area contributed by atoms with Crippen LogP contribution in [0.25, 0.3) is 11.1 Å². The molecule has 2 rings (SSSR count). The van der Waals surface area contributed by atoms with Gasteiger partial charge in [0.05, 0.1) is 6.10 Å². The van der Waals surface area contributed by atoms with Crippen LogP contribution in [-0.4, -0.2) is 16.2 Å². The Morgan fingerprint density at radius 3 is 2.33 bits per heavy atom. The first-order valence-electron chi connectivity index (χ1n) is 6.42. The molecule has 0 amide bonds. The van der Waals surface area contributed by atoms with Crippen molar-refractivity contribution in [3.63, 3.8) is 0 Å². The normalized spacial score (nSPS) is 12.1.